The van der Waals surface area contributed by atoms with Crippen molar-refractivity contribution in [3.8, 4) is 22.6 Å². The van der Waals surface area contributed by atoms with Gasteiger partial charge >= 0.3 is 0 Å². The van der Waals surface area contributed by atoms with E-state index in [9.17, 15) is 9.90 Å². The largest absolute Gasteiger partial charge is 0.497 e. The molecular weight excluding hydrogens is 422 g/mol. The fourth-order valence-corrected chi connectivity index (χ4v) is 3.82. The molecular formula is C24H23N5O4. The number of hydrogen-bond acceptors (Lipinski definition) is 7. The van der Waals surface area contributed by atoms with Gasteiger partial charge in [0.15, 0.2) is 5.65 Å². The molecule has 3 heterocycles. The van der Waals surface area contributed by atoms with Crippen LogP contribution in [0.5, 0.6) is 11.5 Å². The van der Waals surface area contributed by atoms with Gasteiger partial charge in [-0.1, -0.05) is 12.1 Å². The topological polar surface area (TPSA) is 101 Å². The number of hydrogen-bond donors (Lipinski definition) is 2. The van der Waals surface area contributed by atoms with Gasteiger partial charge in [0.1, 0.15) is 11.5 Å². The molecule has 2 N–H and O–H groups in total. The lowest BCUT2D eigenvalue weighted by Crippen LogP contribution is -2.53. The molecule has 1 saturated heterocycles. The maximum Gasteiger partial charge on any atom is 0.257 e. The molecule has 5 rings (SSSR count). The van der Waals surface area contributed by atoms with Gasteiger partial charge in [-0.25, -0.2) is 4.52 Å². The Morgan fingerprint density at radius 3 is 2.58 bits per heavy atom. The number of aliphatic hydroxyl groups is 1. The highest BCUT2D eigenvalue weighted by Crippen LogP contribution is 2.29. The normalized spacial score (nSPS) is 13.6. The van der Waals surface area contributed by atoms with Gasteiger partial charge in [-0.3, -0.25) is 4.79 Å². The van der Waals surface area contributed by atoms with Crippen LogP contribution in [0.25, 0.3) is 16.8 Å². The number of β-amino-alcohol motifs (C(OH)–C–C–N with tert-alkyl or cyclic N) is 1. The molecule has 9 nitrogen and oxygen atoms in total. The van der Waals surface area contributed by atoms with Gasteiger partial charge in [-0.2, -0.15) is 4.98 Å². The number of benzene rings is 2. The number of fused-ring (bicyclic) bond motifs is 1. The number of carbonyl (C=O) groups is 1. The second-order valence-corrected chi connectivity index (χ2v) is 7.76. The van der Waals surface area contributed by atoms with Gasteiger partial charge in [0.25, 0.3) is 5.91 Å². The zero-order valence-electron chi connectivity index (χ0n) is 18.2. The van der Waals surface area contributed by atoms with Crippen LogP contribution in [0.3, 0.4) is 0 Å². The summed E-state index contributed by atoms with van der Waals surface area (Å²) in [4.78, 5) is 18.9. The van der Waals surface area contributed by atoms with Crippen molar-refractivity contribution in [2.45, 2.75) is 6.10 Å². The average Bonchev–Trinajstić information content (AvgIpc) is 3.24. The van der Waals surface area contributed by atoms with Crippen molar-refractivity contribution in [2.75, 3.05) is 32.6 Å². The van der Waals surface area contributed by atoms with E-state index in [2.05, 4.69) is 15.4 Å². The number of aromatic nitrogens is 3. The first kappa shape index (κ1) is 20.8. The van der Waals surface area contributed by atoms with Gasteiger partial charge in [0.2, 0.25) is 5.95 Å². The lowest BCUT2D eigenvalue weighted by Gasteiger charge is -2.36. The lowest BCUT2D eigenvalue weighted by molar-refractivity contribution is 0.00570. The lowest BCUT2D eigenvalue weighted by atomic mass is 10.1. The summed E-state index contributed by atoms with van der Waals surface area (Å²) in [6, 6.07) is 16.9. The van der Waals surface area contributed by atoms with Crippen LogP contribution in [-0.4, -0.2) is 63.9 Å². The standard InChI is InChI=1S/C24H23N5O4/c1-32-18-8-5-15(6-9-18)19-4-3-11-29-22(19)26-24(27-29)25-16-7-10-20(21(12-16)33-2)23(31)28-13-17(30)14-28/h3-12,17,30H,13-14H2,1-2H3,(H,25,27). The number of likely N-dealkylation sites (tertiary alicyclic amines) is 1. The maximum atomic E-state index is 12.6. The zero-order chi connectivity index (χ0) is 22.9. The molecule has 1 aliphatic rings. The van der Waals surface area contributed by atoms with Gasteiger partial charge in [-0.05, 0) is 42.0 Å². The van der Waals surface area contributed by atoms with E-state index in [1.54, 1.807) is 34.7 Å². The SMILES string of the molecule is COc1ccc(-c2cccn3nc(Nc4ccc(C(=O)N5CC(O)C5)c(OC)c4)nc23)cc1. The van der Waals surface area contributed by atoms with Crippen LogP contribution in [-0.2, 0) is 0 Å². The molecule has 2 aromatic heterocycles. The quantitative estimate of drug-likeness (QED) is 0.471. The van der Waals surface area contributed by atoms with Crippen LogP contribution >= 0.6 is 0 Å². The zero-order valence-corrected chi connectivity index (χ0v) is 18.2. The average molecular weight is 445 g/mol. The molecule has 0 saturated carbocycles. The molecule has 1 aliphatic heterocycles. The number of carbonyl (C=O) groups excluding carboxylic acids is 1. The molecule has 2 aromatic carbocycles. The fraction of sp³-hybridized carbons (Fsp3) is 0.208. The molecule has 1 amide bonds. The van der Waals surface area contributed by atoms with Gasteiger partial charge < -0.3 is 24.8 Å². The molecule has 0 bridgehead atoms. The Kier molecular flexibility index (Phi) is 5.31. The van der Waals surface area contributed by atoms with Gasteiger partial charge in [-0.15, -0.1) is 5.10 Å². The van der Waals surface area contributed by atoms with E-state index in [1.165, 1.54) is 7.11 Å². The molecule has 0 spiro atoms. The Balaban J connectivity index is 1.41. The minimum absolute atomic E-state index is 0.168. The summed E-state index contributed by atoms with van der Waals surface area (Å²) in [7, 11) is 3.16. The number of aliphatic hydroxyl groups excluding tert-OH is 1. The minimum atomic E-state index is -0.454. The van der Waals surface area contributed by atoms with E-state index in [1.807, 2.05) is 42.6 Å². The first-order chi connectivity index (χ1) is 16.1. The van der Waals surface area contributed by atoms with Gasteiger partial charge in [0, 0.05) is 36.6 Å². The predicted molar refractivity (Wildman–Crippen MR) is 123 cm³/mol. The Hall–Kier alpha value is -4.11. The van der Waals surface area contributed by atoms with Crippen LogP contribution in [0.2, 0.25) is 0 Å². The van der Waals surface area contributed by atoms with E-state index in [0.29, 0.717) is 41.7 Å². The van der Waals surface area contributed by atoms with Crippen LogP contribution in [0.15, 0.2) is 60.8 Å². The van der Waals surface area contributed by atoms with Crippen molar-refractivity contribution >= 4 is 23.2 Å². The predicted octanol–water partition coefficient (Wildman–Crippen LogP) is 2.97. The Labute approximate surface area is 190 Å². The number of rotatable bonds is 6. The van der Waals surface area contributed by atoms with Gasteiger partial charge in [0.05, 0.1) is 25.9 Å². The molecule has 4 aromatic rings. The van der Waals surface area contributed by atoms with Crippen molar-refractivity contribution in [3.63, 3.8) is 0 Å². The van der Waals surface area contributed by atoms with E-state index in [-0.39, 0.29) is 5.91 Å². The van der Waals surface area contributed by atoms with Crippen molar-refractivity contribution < 1.29 is 19.4 Å². The highest BCUT2D eigenvalue weighted by molar-refractivity contribution is 5.98. The summed E-state index contributed by atoms with van der Waals surface area (Å²) in [5, 5.41) is 17.2. The third-order valence-corrected chi connectivity index (χ3v) is 5.60. The number of nitrogens with zero attached hydrogens (tertiary/aromatic N) is 4. The molecule has 1 fully saturated rings. The van der Waals surface area contributed by atoms with Crippen molar-refractivity contribution in [3.05, 3.63) is 66.4 Å². The summed E-state index contributed by atoms with van der Waals surface area (Å²) in [5.74, 6) is 1.48. The summed E-state index contributed by atoms with van der Waals surface area (Å²) >= 11 is 0. The number of ether oxygens (including phenoxy) is 2. The van der Waals surface area contributed by atoms with Crippen molar-refractivity contribution in [2.24, 2.45) is 0 Å². The molecule has 0 radical (unpaired) electrons. The summed E-state index contributed by atoms with van der Waals surface area (Å²) < 4.78 is 12.4. The summed E-state index contributed by atoms with van der Waals surface area (Å²) in [5.41, 5.74) is 3.78. The molecule has 168 valence electrons. The number of methoxy groups -OCH3 is 2. The smallest absolute Gasteiger partial charge is 0.257 e. The number of pyridine rings is 1. The van der Waals surface area contributed by atoms with Crippen molar-refractivity contribution in [1.29, 1.82) is 0 Å². The van der Waals surface area contributed by atoms with Crippen LogP contribution < -0.4 is 14.8 Å². The first-order valence-electron chi connectivity index (χ1n) is 10.5. The molecule has 0 atom stereocenters. The maximum absolute atomic E-state index is 12.6. The van der Waals surface area contributed by atoms with Crippen LogP contribution in [0.4, 0.5) is 11.6 Å². The monoisotopic (exact) mass is 445 g/mol. The number of nitrogens with one attached hydrogen (secondary N) is 1. The minimum Gasteiger partial charge on any atom is -0.497 e. The molecule has 33 heavy (non-hydrogen) atoms. The van der Waals surface area contributed by atoms with E-state index >= 15 is 0 Å². The second-order valence-electron chi connectivity index (χ2n) is 7.76. The van der Waals surface area contributed by atoms with E-state index in [4.69, 9.17) is 9.47 Å². The van der Waals surface area contributed by atoms with E-state index < -0.39 is 6.10 Å². The Morgan fingerprint density at radius 1 is 1.09 bits per heavy atom. The number of amides is 1. The van der Waals surface area contributed by atoms with E-state index in [0.717, 1.165) is 16.9 Å². The first-order valence-corrected chi connectivity index (χ1v) is 10.5. The van der Waals surface area contributed by atoms with Crippen LogP contribution in [0.1, 0.15) is 10.4 Å². The number of anilines is 2. The molecule has 0 aliphatic carbocycles. The Bertz CT molecular complexity index is 1310. The van der Waals surface area contributed by atoms with Crippen LogP contribution in [0, 0.1) is 0 Å². The third-order valence-electron chi connectivity index (χ3n) is 5.60. The highest BCUT2D eigenvalue weighted by atomic mass is 16.5. The molecule has 9 heteroatoms. The summed E-state index contributed by atoms with van der Waals surface area (Å²) in [6.45, 7) is 0.674. The summed E-state index contributed by atoms with van der Waals surface area (Å²) in [6.07, 6.45) is 1.38. The fourth-order valence-electron chi connectivity index (χ4n) is 3.82. The third kappa shape index (κ3) is 3.94. The second kappa shape index (κ2) is 8.44. The Morgan fingerprint density at radius 2 is 1.88 bits per heavy atom. The van der Waals surface area contributed by atoms with Crippen molar-refractivity contribution in [1.82, 2.24) is 19.5 Å². The highest BCUT2D eigenvalue weighted by Gasteiger charge is 2.31. The molecule has 0 unspecified atom stereocenters.